The predicted molar refractivity (Wildman–Crippen MR) is 119 cm³/mol. The molecule has 4 rings (SSSR count). The van der Waals surface area contributed by atoms with Crippen LogP contribution in [-0.4, -0.2) is 47.3 Å². The van der Waals surface area contributed by atoms with Gasteiger partial charge in [0.1, 0.15) is 0 Å². The Labute approximate surface area is 176 Å². The Morgan fingerprint density at radius 2 is 1.83 bits per heavy atom. The Morgan fingerprint density at radius 3 is 2.52 bits per heavy atom. The summed E-state index contributed by atoms with van der Waals surface area (Å²) in [4.78, 5) is 7.28. The molecule has 2 aliphatic rings. The number of para-hydroxylation sites is 1. The number of benzene rings is 2. The molecule has 2 atom stereocenters. The highest BCUT2D eigenvalue weighted by Gasteiger charge is 2.40. The number of nitrogens with zero attached hydrogens (tertiary/aromatic N) is 2. The van der Waals surface area contributed by atoms with Gasteiger partial charge in [-0.05, 0) is 55.7 Å². The number of amidine groups is 1. The quantitative estimate of drug-likeness (QED) is 0.761. The van der Waals surface area contributed by atoms with E-state index in [-0.39, 0.29) is 18.6 Å². The summed E-state index contributed by atoms with van der Waals surface area (Å²) in [6.45, 7) is 6.21. The van der Waals surface area contributed by atoms with Crippen molar-refractivity contribution in [3.05, 3.63) is 53.6 Å². The summed E-state index contributed by atoms with van der Waals surface area (Å²) in [5.74, 6) is 2.60. The second-order valence-corrected chi connectivity index (χ2v) is 8.22. The summed E-state index contributed by atoms with van der Waals surface area (Å²) in [5, 5.41) is 11.1. The molecule has 2 aromatic rings. The minimum atomic E-state index is 0.0994. The van der Waals surface area contributed by atoms with Gasteiger partial charge in [0.2, 0.25) is 0 Å². The molecule has 5 nitrogen and oxygen atoms in total. The maximum atomic E-state index is 10.1. The summed E-state index contributed by atoms with van der Waals surface area (Å²) in [6, 6.07) is 14.4. The molecule has 2 aromatic carbocycles. The van der Waals surface area contributed by atoms with Crippen molar-refractivity contribution in [3.63, 3.8) is 0 Å². The van der Waals surface area contributed by atoms with Crippen LogP contribution in [0.15, 0.2) is 47.5 Å². The van der Waals surface area contributed by atoms with Crippen molar-refractivity contribution in [2.24, 2.45) is 10.9 Å². The van der Waals surface area contributed by atoms with Gasteiger partial charge in [0.25, 0.3) is 0 Å². The first kappa shape index (κ1) is 20.1. The molecule has 0 radical (unpaired) electrons. The van der Waals surface area contributed by atoms with Gasteiger partial charge in [0.05, 0.1) is 24.9 Å². The topological polar surface area (TPSA) is 54.3 Å². The van der Waals surface area contributed by atoms with E-state index >= 15 is 0 Å². The zero-order valence-electron chi connectivity index (χ0n) is 17.0. The SMILES string of the molecule is CCOc1cc2c(cc1OCC)C1C(CO)CSC(=Nc3ccccc3)N1CC2. The molecule has 154 valence electrons. The van der Waals surface area contributed by atoms with Crippen molar-refractivity contribution in [3.8, 4) is 11.5 Å². The highest BCUT2D eigenvalue weighted by atomic mass is 32.2. The van der Waals surface area contributed by atoms with Gasteiger partial charge in [-0.2, -0.15) is 0 Å². The van der Waals surface area contributed by atoms with Crippen LogP contribution < -0.4 is 9.47 Å². The molecule has 1 N–H and O–H groups in total. The van der Waals surface area contributed by atoms with E-state index in [1.807, 2.05) is 44.2 Å². The zero-order chi connectivity index (χ0) is 20.2. The van der Waals surface area contributed by atoms with Gasteiger partial charge in [-0.25, -0.2) is 4.99 Å². The molecule has 2 aliphatic heterocycles. The van der Waals surface area contributed by atoms with Gasteiger partial charge in [-0.3, -0.25) is 0 Å². The van der Waals surface area contributed by atoms with Crippen molar-refractivity contribution in [1.82, 2.24) is 4.90 Å². The van der Waals surface area contributed by atoms with Crippen molar-refractivity contribution in [2.45, 2.75) is 26.3 Å². The van der Waals surface area contributed by atoms with E-state index in [2.05, 4.69) is 17.0 Å². The molecule has 1 saturated heterocycles. The number of fused-ring (bicyclic) bond motifs is 3. The van der Waals surface area contributed by atoms with Crippen molar-refractivity contribution < 1.29 is 14.6 Å². The summed E-state index contributed by atoms with van der Waals surface area (Å²) in [7, 11) is 0. The number of aliphatic hydroxyl groups excluding tert-OH is 1. The summed E-state index contributed by atoms with van der Waals surface area (Å²) in [5.41, 5.74) is 3.47. The van der Waals surface area contributed by atoms with Crippen LogP contribution in [0.4, 0.5) is 5.69 Å². The van der Waals surface area contributed by atoms with E-state index in [4.69, 9.17) is 14.5 Å². The van der Waals surface area contributed by atoms with Crippen LogP contribution in [0.3, 0.4) is 0 Å². The van der Waals surface area contributed by atoms with Crippen molar-refractivity contribution >= 4 is 22.6 Å². The Morgan fingerprint density at radius 1 is 1.10 bits per heavy atom. The smallest absolute Gasteiger partial charge is 0.164 e. The van der Waals surface area contributed by atoms with E-state index in [1.54, 1.807) is 11.8 Å². The first-order valence-electron chi connectivity index (χ1n) is 10.3. The first-order chi connectivity index (χ1) is 14.2. The zero-order valence-corrected chi connectivity index (χ0v) is 17.8. The van der Waals surface area contributed by atoms with Gasteiger partial charge in [0, 0.05) is 24.8 Å². The summed E-state index contributed by atoms with van der Waals surface area (Å²) < 4.78 is 11.7. The van der Waals surface area contributed by atoms with Gasteiger partial charge >= 0.3 is 0 Å². The fourth-order valence-corrected chi connectivity index (χ4v) is 5.33. The molecule has 0 spiro atoms. The summed E-state index contributed by atoms with van der Waals surface area (Å²) >= 11 is 1.74. The van der Waals surface area contributed by atoms with Gasteiger partial charge < -0.3 is 19.5 Å². The van der Waals surface area contributed by atoms with Crippen LogP contribution in [0, 0.1) is 5.92 Å². The lowest BCUT2D eigenvalue weighted by Crippen LogP contribution is -2.47. The Bertz CT molecular complexity index is 872. The lowest BCUT2D eigenvalue weighted by atomic mass is 9.85. The van der Waals surface area contributed by atoms with E-state index in [0.29, 0.717) is 13.2 Å². The van der Waals surface area contributed by atoms with E-state index < -0.39 is 0 Å². The Kier molecular flexibility index (Phi) is 6.31. The van der Waals surface area contributed by atoms with Crippen LogP contribution in [0.1, 0.15) is 31.0 Å². The molecule has 0 aromatic heterocycles. The molecule has 0 aliphatic carbocycles. The fraction of sp³-hybridized carbons (Fsp3) is 0.435. The first-order valence-corrected chi connectivity index (χ1v) is 11.3. The number of rotatable bonds is 6. The molecule has 6 heteroatoms. The minimum Gasteiger partial charge on any atom is -0.490 e. The Balaban J connectivity index is 1.74. The lowest BCUT2D eigenvalue weighted by molar-refractivity contribution is 0.148. The van der Waals surface area contributed by atoms with Crippen LogP contribution in [0.2, 0.25) is 0 Å². The molecule has 29 heavy (non-hydrogen) atoms. The largest absolute Gasteiger partial charge is 0.490 e. The number of hydrogen-bond acceptors (Lipinski definition) is 5. The fourth-order valence-electron chi connectivity index (χ4n) is 4.13. The van der Waals surface area contributed by atoms with Crippen molar-refractivity contribution in [1.29, 1.82) is 0 Å². The highest BCUT2D eigenvalue weighted by molar-refractivity contribution is 8.13. The normalized spacial score (nSPS) is 22.2. The third kappa shape index (κ3) is 4.09. The van der Waals surface area contributed by atoms with E-state index in [1.165, 1.54) is 11.1 Å². The second-order valence-electron chi connectivity index (χ2n) is 7.24. The molecule has 0 saturated carbocycles. The molecular formula is C23H28N2O3S. The highest BCUT2D eigenvalue weighted by Crippen LogP contribution is 2.46. The second kappa shape index (κ2) is 9.09. The van der Waals surface area contributed by atoms with E-state index in [9.17, 15) is 5.11 Å². The van der Waals surface area contributed by atoms with Crippen LogP contribution in [0.5, 0.6) is 11.5 Å². The third-order valence-corrected chi connectivity index (χ3v) is 6.59. The van der Waals surface area contributed by atoms with Gasteiger partial charge in [-0.1, -0.05) is 30.0 Å². The van der Waals surface area contributed by atoms with Crippen LogP contribution >= 0.6 is 11.8 Å². The average molecular weight is 413 g/mol. The lowest BCUT2D eigenvalue weighted by Gasteiger charge is -2.46. The molecule has 0 bridgehead atoms. The molecular weight excluding hydrogens is 384 g/mol. The molecule has 2 unspecified atom stereocenters. The van der Waals surface area contributed by atoms with Crippen molar-refractivity contribution in [2.75, 3.05) is 32.1 Å². The van der Waals surface area contributed by atoms with Gasteiger partial charge in [0.15, 0.2) is 16.7 Å². The maximum absolute atomic E-state index is 10.1. The number of ether oxygens (including phenoxy) is 2. The van der Waals surface area contributed by atoms with Crippen LogP contribution in [0.25, 0.3) is 0 Å². The predicted octanol–water partition coefficient (Wildman–Crippen LogP) is 4.43. The standard InChI is InChI=1S/C23H28N2O3S/c1-3-27-20-12-16-10-11-25-22(19(16)13-21(20)28-4-2)17(14-26)15-29-23(25)24-18-8-6-5-7-9-18/h5-9,12-13,17,22,26H,3-4,10-11,14-15H2,1-2H3. The number of aliphatic imine (C=N–C) groups is 1. The number of aliphatic hydroxyl groups is 1. The monoisotopic (exact) mass is 412 g/mol. The van der Waals surface area contributed by atoms with Crippen LogP contribution in [-0.2, 0) is 6.42 Å². The number of hydrogen-bond donors (Lipinski definition) is 1. The summed E-state index contributed by atoms with van der Waals surface area (Å²) in [6.07, 6.45) is 0.921. The molecule has 2 heterocycles. The molecule has 1 fully saturated rings. The molecule has 0 amide bonds. The maximum Gasteiger partial charge on any atom is 0.164 e. The van der Waals surface area contributed by atoms with E-state index in [0.717, 1.165) is 41.1 Å². The minimum absolute atomic E-state index is 0.0994. The Hall–Kier alpha value is -2.18. The number of thioether (sulfide) groups is 1. The van der Waals surface area contributed by atoms with Gasteiger partial charge in [-0.15, -0.1) is 0 Å². The third-order valence-electron chi connectivity index (χ3n) is 5.42. The average Bonchev–Trinajstić information content (AvgIpc) is 2.75.